The van der Waals surface area contributed by atoms with Crippen molar-refractivity contribution in [3.63, 3.8) is 0 Å². The van der Waals surface area contributed by atoms with Crippen LogP contribution in [-0.2, 0) is 10.3 Å². The summed E-state index contributed by atoms with van der Waals surface area (Å²) in [6, 6.07) is 2.05. The van der Waals surface area contributed by atoms with E-state index in [0.29, 0.717) is 0 Å². The molecule has 0 saturated heterocycles. The molecule has 2 atom stereocenters. The van der Waals surface area contributed by atoms with Crippen LogP contribution in [-0.4, -0.2) is 18.3 Å². The molecule has 2 nitrogen and oxygen atoms in total. The molecule has 0 bridgehead atoms. The van der Waals surface area contributed by atoms with Crippen LogP contribution in [0.3, 0.4) is 0 Å². The van der Waals surface area contributed by atoms with Crippen molar-refractivity contribution in [2.45, 2.75) is 44.3 Å². The molecule has 15 heavy (non-hydrogen) atoms. The largest absolute Gasteiger partial charge is 0.385 e. The van der Waals surface area contributed by atoms with Crippen molar-refractivity contribution in [3.05, 3.63) is 21.9 Å². The molecule has 3 heteroatoms. The van der Waals surface area contributed by atoms with Gasteiger partial charge in [0.1, 0.15) is 0 Å². The molecule has 1 aromatic rings. The van der Waals surface area contributed by atoms with Gasteiger partial charge in [0.15, 0.2) is 0 Å². The maximum atomic E-state index is 10.6. The fourth-order valence-corrected chi connectivity index (χ4v) is 3.31. The molecule has 1 heterocycles. The lowest BCUT2D eigenvalue weighted by Crippen LogP contribution is -2.36. The number of thiophene rings is 1. The number of aliphatic hydroxyl groups is 1. The molecule has 1 aliphatic rings. The van der Waals surface area contributed by atoms with Gasteiger partial charge in [0.2, 0.25) is 0 Å². The highest BCUT2D eigenvalue weighted by Crippen LogP contribution is 2.40. The quantitative estimate of drug-likeness (QED) is 0.840. The lowest BCUT2D eigenvalue weighted by molar-refractivity contribution is -0.0632. The first-order chi connectivity index (χ1) is 7.15. The minimum absolute atomic E-state index is 0.211. The van der Waals surface area contributed by atoms with Gasteiger partial charge in [-0.1, -0.05) is 0 Å². The molecule has 84 valence electrons. The van der Waals surface area contributed by atoms with E-state index in [0.717, 1.165) is 31.2 Å². The minimum atomic E-state index is -0.650. The highest BCUT2D eigenvalue weighted by molar-refractivity contribution is 7.10. The Bertz CT molecular complexity index is 334. The van der Waals surface area contributed by atoms with Gasteiger partial charge in [-0.2, -0.15) is 0 Å². The normalized spacial score (nSPS) is 31.8. The molecular formula is C12H18O2S. The molecule has 2 rings (SSSR count). The van der Waals surface area contributed by atoms with Gasteiger partial charge in [-0.3, -0.25) is 0 Å². The molecule has 1 fully saturated rings. The van der Waals surface area contributed by atoms with Crippen LogP contribution in [0.15, 0.2) is 11.4 Å². The molecule has 1 N–H and O–H groups in total. The van der Waals surface area contributed by atoms with E-state index in [4.69, 9.17) is 4.74 Å². The summed E-state index contributed by atoms with van der Waals surface area (Å²) < 4.78 is 5.37. The lowest BCUT2D eigenvalue weighted by Gasteiger charge is -2.36. The monoisotopic (exact) mass is 226 g/mol. The first-order valence-electron chi connectivity index (χ1n) is 5.45. The van der Waals surface area contributed by atoms with Crippen molar-refractivity contribution in [1.82, 2.24) is 0 Å². The first-order valence-corrected chi connectivity index (χ1v) is 6.33. The Morgan fingerprint density at radius 3 is 3.00 bits per heavy atom. The van der Waals surface area contributed by atoms with E-state index in [1.165, 1.54) is 4.88 Å². The highest BCUT2D eigenvalue weighted by Gasteiger charge is 2.37. The second kappa shape index (κ2) is 4.24. The van der Waals surface area contributed by atoms with Crippen LogP contribution in [0.4, 0.5) is 0 Å². The summed E-state index contributed by atoms with van der Waals surface area (Å²) in [6.45, 7) is 2.08. The van der Waals surface area contributed by atoms with Gasteiger partial charge >= 0.3 is 0 Å². The van der Waals surface area contributed by atoms with Gasteiger partial charge in [-0.15, -0.1) is 11.3 Å². The molecular weight excluding hydrogens is 208 g/mol. The second-order valence-corrected chi connectivity index (χ2v) is 5.50. The number of methoxy groups -OCH3 is 1. The Balaban J connectivity index is 2.22. The Labute approximate surface area is 94.9 Å². The smallest absolute Gasteiger partial charge is 0.0931 e. The third-order valence-corrected chi connectivity index (χ3v) is 4.22. The summed E-state index contributed by atoms with van der Waals surface area (Å²) in [5, 5.41) is 12.7. The summed E-state index contributed by atoms with van der Waals surface area (Å²) in [5.74, 6) is 0. The molecule has 0 aliphatic heterocycles. The SMILES string of the molecule is COC1CCCC(O)(c2ccsc2C)C1. The summed E-state index contributed by atoms with van der Waals surface area (Å²) in [5.41, 5.74) is 0.456. The fraction of sp³-hybridized carbons (Fsp3) is 0.667. The highest BCUT2D eigenvalue weighted by atomic mass is 32.1. The Hall–Kier alpha value is -0.380. The molecule has 0 aromatic carbocycles. The maximum Gasteiger partial charge on any atom is 0.0931 e. The number of ether oxygens (including phenoxy) is 1. The summed E-state index contributed by atoms with van der Waals surface area (Å²) in [6.07, 6.45) is 3.93. The van der Waals surface area contributed by atoms with Crippen LogP contribution in [0.5, 0.6) is 0 Å². The number of rotatable bonds is 2. The summed E-state index contributed by atoms with van der Waals surface area (Å²) in [4.78, 5) is 1.23. The van der Waals surface area contributed by atoms with Crippen LogP contribution >= 0.6 is 11.3 Å². The van der Waals surface area contributed by atoms with E-state index in [2.05, 4.69) is 18.4 Å². The van der Waals surface area contributed by atoms with Crippen molar-refractivity contribution < 1.29 is 9.84 Å². The average molecular weight is 226 g/mol. The lowest BCUT2D eigenvalue weighted by atomic mass is 9.78. The van der Waals surface area contributed by atoms with Crippen molar-refractivity contribution in [2.24, 2.45) is 0 Å². The third-order valence-electron chi connectivity index (χ3n) is 3.38. The van der Waals surface area contributed by atoms with Gasteiger partial charge in [-0.25, -0.2) is 0 Å². The standard InChI is InChI=1S/C12H18O2S/c1-9-11(5-7-15-9)12(13)6-3-4-10(8-12)14-2/h5,7,10,13H,3-4,6,8H2,1-2H3. The van der Waals surface area contributed by atoms with Crippen molar-refractivity contribution in [3.8, 4) is 0 Å². The van der Waals surface area contributed by atoms with E-state index in [1.54, 1.807) is 18.4 Å². The van der Waals surface area contributed by atoms with Crippen LogP contribution in [0.1, 0.15) is 36.1 Å². The molecule has 2 unspecified atom stereocenters. The summed E-state index contributed by atoms with van der Waals surface area (Å²) >= 11 is 1.70. The predicted molar refractivity (Wildman–Crippen MR) is 62.2 cm³/mol. The van der Waals surface area contributed by atoms with Gasteiger partial charge < -0.3 is 9.84 Å². The van der Waals surface area contributed by atoms with E-state index in [-0.39, 0.29) is 6.10 Å². The minimum Gasteiger partial charge on any atom is -0.385 e. The third kappa shape index (κ3) is 2.10. The van der Waals surface area contributed by atoms with Crippen LogP contribution < -0.4 is 0 Å². The Morgan fingerprint density at radius 1 is 1.60 bits per heavy atom. The maximum absolute atomic E-state index is 10.6. The average Bonchev–Trinajstić information content (AvgIpc) is 2.65. The van der Waals surface area contributed by atoms with E-state index >= 15 is 0 Å². The molecule has 1 saturated carbocycles. The van der Waals surface area contributed by atoms with E-state index in [1.807, 2.05) is 0 Å². The van der Waals surface area contributed by atoms with Gasteiger partial charge in [0.25, 0.3) is 0 Å². The van der Waals surface area contributed by atoms with Crippen molar-refractivity contribution >= 4 is 11.3 Å². The topological polar surface area (TPSA) is 29.5 Å². The second-order valence-electron chi connectivity index (χ2n) is 4.38. The van der Waals surface area contributed by atoms with Crippen molar-refractivity contribution in [1.29, 1.82) is 0 Å². The Kier molecular flexibility index (Phi) is 3.14. The number of hydrogen-bond donors (Lipinski definition) is 1. The van der Waals surface area contributed by atoms with Gasteiger partial charge in [-0.05, 0) is 43.2 Å². The number of hydrogen-bond acceptors (Lipinski definition) is 3. The Morgan fingerprint density at radius 2 is 2.40 bits per heavy atom. The molecule has 1 aliphatic carbocycles. The fourth-order valence-electron chi connectivity index (χ4n) is 2.52. The van der Waals surface area contributed by atoms with E-state index < -0.39 is 5.60 Å². The van der Waals surface area contributed by atoms with Crippen LogP contribution in [0.25, 0.3) is 0 Å². The molecule has 1 aromatic heterocycles. The van der Waals surface area contributed by atoms with Gasteiger partial charge in [0, 0.05) is 18.4 Å². The van der Waals surface area contributed by atoms with Crippen molar-refractivity contribution in [2.75, 3.05) is 7.11 Å². The zero-order valence-electron chi connectivity index (χ0n) is 9.32. The van der Waals surface area contributed by atoms with Crippen LogP contribution in [0.2, 0.25) is 0 Å². The van der Waals surface area contributed by atoms with E-state index in [9.17, 15) is 5.11 Å². The van der Waals surface area contributed by atoms with Gasteiger partial charge in [0.05, 0.1) is 11.7 Å². The zero-order chi connectivity index (χ0) is 10.9. The number of aryl methyl sites for hydroxylation is 1. The predicted octanol–water partition coefficient (Wildman–Crippen LogP) is 2.83. The first kappa shape index (κ1) is 11.1. The van der Waals surface area contributed by atoms with Crippen LogP contribution in [0, 0.1) is 6.92 Å². The zero-order valence-corrected chi connectivity index (χ0v) is 10.1. The molecule has 0 amide bonds. The molecule has 0 radical (unpaired) electrons. The molecule has 0 spiro atoms. The summed E-state index contributed by atoms with van der Waals surface area (Å²) in [7, 11) is 1.73.